The van der Waals surface area contributed by atoms with Gasteiger partial charge in [-0.1, -0.05) is 0 Å². The number of benzene rings is 1. The van der Waals surface area contributed by atoms with E-state index in [4.69, 9.17) is 5.26 Å². The average molecular weight is 297 g/mol. The monoisotopic (exact) mass is 297 g/mol. The molecular weight excluding hydrogens is 283 g/mol. The molecule has 1 aromatic carbocycles. The van der Waals surface area contributed by atoms with Crippen LogP contribution in [0.15, 0.2) is 24.3 Å². The molecule has 1 aliphatic rings. The van der Waals surface area contributed by atoms with Crippen molar-refractivity contribution < 1.29 is 18.0 Å². The number of rotatable bonds is 3. The third kappa shape index (κ3) is 3.66. The topological polar surface area (TPSA) is 56.1 Å². The highest BCUT2D eigenvalue weighted by atomic mass is 19.4. The SMILES string of the molecule is N#CC1CCCN1C(=O)CNc1ccc(C(F)(F)F)cc1. The first-order valence-corrected chi connectivity index (χ1v) is 6.52. The molecule has 0 bridgehead atoms. The molecule has 0 aliphatic carbocycles. The van der Waals surface area contributed by atoms with E-state index in [1.807, 2.05) is 0 Å². The van der Waals surface area contributed by atoms with Crippen molar-refractivity contribution in [2.45, 2.75) is 25.1 Å². The van der Waals surface area contributed by atoms with Gasteiger partial charge in [-0.05, 0) is 37.1 Å². The number of carbonyl (C=O) groups excluding carboxylic acids is 1. The molecule has 7 heteroatoms. The highest BCUT2D eigenvalue weighted by Crippen LogP contribution is 2.29. The highest BCUT2D eigenvalue weighted by molar-refractivity contribution is 5.81. The molecule has 1 N–H and O–H groups in total. The lowest BCUT2D eigenvalue weighted by molar-refractivity contribution is -0.137. The van der Waals surface area contributed by atoms with Crippen LogP contribution < -0.4 is 5.32 Å². The van der Waals surface area contributed by atoms with Crippen molar-refractivity contribution >= 4 is 11.6 Å². The highest BCUT2D eigenvalue weighted by Gasteiger charge is 2.30. The van der Waals surface area contributed by atoms with Crippen LogP contribution in [-0.2, 0) is 11.0 Å². The molecule has 0 spiro atoms. The van der Waals surface area contributed by atoms with Gasteiger partial charge in [0.05, 0.1) is 18.2 Å². The molecule has 1 saturated heterocycles. The number of halogens is 3. The number of likely N-dealkylation sites (tertiary alicyclic amines) is 1. The molecule has 112 valence electrons. The lowest BCUT2D eigenvalue weighted by Crippen LogP contribution is -2.38. The van der Waals surface area contributed by atoms with E-state index in [9.17, 15) is 18.0 Å². The van der Waals surface area contributed by atoms with E-state index in [-0.39, 0.29) is 12.5 Å². The van der Waals surface area contributed by atoms with Crippen LogP contribution in [0, 0.1) is 11.3 Å². The maximum atomic E-state index is 12.4. The van der Waals surface area contributed by atoms with Gasteiger partial charge in [-0.3, -0.25) is 4.79 Å². The van der Waals surface area contributed by atoms with E-state index < -0.39 is 17.8 Å². The molecule has 0 saturated carbocycles. The Labute approximate surface area is 120 Å². The van der Waals surface area contributed by atoms with Gasteiger partial charge in [0.2, 0.25) is 5.91 Å². The number of hydrogen-bond donors (Lipinski definition) is 1. The fourth-order valence-electron chi connectivity index (χ4n) is 2.26. The van der Waals surface area contributed by atoms with Gasteiger partial charge in [-0.25, -0.2) is 0 Å². The number of carbonyl (C=O) groups is 1. The van der Waals surface area contributed by atoms with Crippen molar-refractivity contribution in [3.05, 3.63) is 29.8 Å². The van der Waals surface area contributed by atoms with Crippen LogP contribution in [0.1, 0.15) is 18.4 Å². The van der Waals surface area contributed by atoms with Crippen LogP contribution in [0.5, 0.6) is 0 Å². The first kappa shape index (κ1) is 15.2. The molecule has 4 nitrogen and oxygen atoms in total. The van der Waals surface area contributed by atoms with E-state index in [1.165, 1.54) is 17.0 Å². The van der Waals surface area contributed by atoms with Crippen molar-refractivity contribution in [3.8, 4) is 6.07 Å². The summed E-state index contributed by atoms with van der Waals surface area (Å²) in [6.45, 7) is 0.509. The summed E-state index contributed by atoms with van der Waals surface area (Å²) < 4.78 is 37.2. The van der Waals surface area contributed by atoms with E-state index in [1.54, 1.807) is 0 Å². The minimum absolute atomic E-state index is 0.0382. The number of hydrogen-bond acceptors (Lipinski definition) is 3. The van der Waals surface area contributed by atoms with Gasteiger partial charge in [0.15, 0.2) is 0 Å². The Bertz CT molecular complexity index is 548. The summed E-state index contributed by atoms with van der Waals surface area (Å²) in [7, 11) is 0. The van der Waals surface area contributed by atoms with Gasteiger partial charge in [0, 0.05) is 12.2 Å². The molecule has 1 heterocycles. The van der Waals surface area contributed by atoms with Crippen LogP contribution in [0.2, 0.25) is 0 Å². The molecule has 0 aromatic heterocycles. The van der Waals surface area contributed by atoms with Crippen molar-refractivity contribution in [1.29, 1.82) is 5.26 Å². The standard InChI is InChI=1S/C14H14F3N3O/c15-14(16,17)10-3-5-11(6-4-10)19-9-13(21)20-7-1-2-12(20)8-18/h3-6,12,19H,1-2,7,9H2. The van der Waals surface area contributed by atoms with Gasteiger partial charge in [0.25, 0.3) is 0 Å². The Morgan fingerprint density at radius 1 is 1.38 bits per heavy atom. The van der Waals surface area contributed by atoms with Gasteiger partial charge >= 0.3 is 6.18 Å². The maximum Gasteiger partial charge on any atom is 0.416 e. The van der Waals surface area contributed by atoms with Gasteiger partial charge in [0.1, 0.15) is 6.04 Å². The number of amides is 1. The van der Waals surface area contributed by atoms with E-state index in [2.05, 4.69) is 11.4 Å². The summed E-state index contributed by atoms with van der Waals surface area (Å²) in [6, 6.07) is 6.15. The van der Waals surface area contributed by atoms with E-state index in [0.29, 0.717) is 18.7 Å². The van der Waals surface area contributed by atoms with Crippen LogP contribution >= 0.6 is 0 Å². The first-order chi connectivity index (χ1) is 9.91. The first-order valence-electron chi connectivity index (χ1n) is 6.52. The lowest BCUT2D eigenvalue weighted by Gasteiger charge is -2.20. The van der Waals surface area contributed by atoms with Crippen LogP contribution in [0.25, 0.3) is 0 Å². The minimum atomic E-state index is -4.37. The van der Waals surface area contributed by atoms with Crippen LogP contribution in [0.3, 0.4) is 0 Å². The molecule has 21 heavy (non-hydrogen) atoms. The third-order valence-electron chi connectivity index (χ3n) is 3.38. The quantitative estimate of drug-likeness (QED) is 0.933. The second-order valence-corrected chi connectivity index (χ2v) is 4.80. The molecule has 1 aliphatic heterocycles. The molecule has 1 atom stereocenters. The Balaban J connectivity index is 1.91. The number of nitriles is 1. The minimum Gasteiger partial charge on any atom is -0.376 e. The largest absolute Gasteiger partial charge is 0.416 e. The zero-order chi connectivity index (χ0) is 15.5. The van der Waals surface area contributed by atoms with Crippen molar-refractivity contribution in [2.75, 3.05) is 18.4 Å². The smallest absolute Gasteiger partial charge is 0.376 e. The number of anilines is 1. The molecule has 1 aromatic rings. The number of alkyl halides is 3. The summed E-state index contributed by atoms with van der Waals surface area (Å²) in [5, 5.41) is 11.7. The Morgan fingerprint density at radius 3 is 2.62 bits per heavy atom. The summed E-state index contributed by atoms with van der Waals surface area (Å²) in [5.41, 5.74) is -0.299. The summed E-state index contributed by atoms with van der Waals surface area (Å²) in [5.74, 6) is -0.223. The third-order valence-corrected chi connectivity index (χ3v) is 3.38. The fraction of sp³-hybridized carbons (Fsp3) is 0.429. The predicted molar refractivity (Wildman–Crippen MR) is 70.3 cm³/mol. The van der Waals surface area contributed by atoms with Crippen LogP contribution in [0.4, 0.5) is 18.9 Å². The number of nitrogens with zero attached hydrogens (tertiary/aromatic N) is 2. The predicted octanol–water partition coefficient (Wildman–Crippen LogP) is 2.63. The number of nitrogens with one attached hydrogen (secondary N) is 1. The molecular formula is C14H14F3N3O. The zero-order valence-electron chi connectivity index (χ0n) is 11.2. The lowest BCUT2D eigenvalue weighted by atomic mass is 10.2. The molecule has 2 rings (SSSR count). The van der Waals surface area contributed by atoms with Crippen LogP contribution in [-0.4, -0.2) is 29.9 Å². The van der Waals surface area contributed by atoms with Gasteiger partial charge < -0.3 is 10.2 Å². The second-order valence-electron chi connectivity index (χ2n) is 4.80. The normalized spacial score (nSPS) is 18.4. The van der Waals surface area contributed by atoms with Crippen molar-refractivity contribution in [2.24, 2.45) is 0 Å². The van der Waals surface area contributed by atoms with Gasteiger partial charge in [-0.2, -0.15) is 18.4 Å². The van der Waals surface area contributed by atoms with Crippen molar-refractivity contribution in [3.63, 3.8) is 0 Å². The van der Waals surface area contributed by atoms with E-state index in [0.717, 1.165) is 18.6 Å². The summed E-state index contributed by atoms with van der Waals surface area (Å²) >= 11 is 0. The summed E-state index contributed by atoms with van der Waals surface area (Å²) in [6.07, 6.45) is -2.91. The molecule has 1 unspecified atom stereocenters. The Morgan fingerprint density at radius 2 is 2.05 bits per heavy atom. The molecule has 1 fully saturated rings. The Hall–Kier alpha value is -2.23. The molecule has 0 radical (unpaired) electrons. The second kappa shape index (κ2) is 6.04. The summed E-state index contributed by atoms with van der Waals surface area (Å²) in [4.78, 5) is 13.4. The average Bonchev–Trinajstić information content (AvgIpc) is 2.92. The van der Waals surface area contributed by atoms with Gasteiger partial charge in [-0.15, -0.1) is 0 Å². The fourth-order valence-corrected chi connectivity index (χ4v) is 2.26. The van der Waals surface area contributed by atoms with E-state index >= 15 is 0 Å². The Kier molecular flexibility index (Phi) is 4.36. The molecule has 1 amide bonds. The maximum absolute atomic E-state index is 12.4. The van der Waals surface area contributed by atoms with Crippen molar-refractivity contribution in [1.82, 2.24) is 4.90 Å². The zero-order valence-corrected chi connectivity index (χ0v) is 11.2.